The number of benzene rings is 2. The van der Waals surface area contributed by atoms with E-state index in [4.69, 9.17) is 14.6 Å². The number of aromatic amines is 1. The van der Waals surface area contributed by atoms with Crippen molar-refractivity contribution < 1.29 is 42.4 Å². The Kier molecular flexibility index (Phi) is 6.50. The second kappa shape index (κ2) is 9.39. The van der Waals surface area contributed by atoms with Crippen molar-refractivity contribution in [3.05, 3.63) is 64.4 Å². The maximum atomic E-state index is 13.4. The van der Waals surface area contributed by atoms with Gasteiger partial charge in [-0.2, -0.15) is 13.2 Å². The molecule has 0 aliphatic carbocycles. The molecule has 0 spiro atoms. The second-order valence-electron chi connectivity index (χ2n) is 7.77. The molecule has 2 unspecified atom stereocenters. The molecule has 0 bridgehead atoms. The van der Waals surface area contributed by atoms with Crippen LogP contribution in [0, 0.1) is 0 Å². The number of esters is 1. The Balaban J connectivity index is 1.59. The monoisotopic (exact) mass is 492 g/mol. The van der Waals surface area contributed by atoms with E-state index in [1.807, 2.05) is 0 Å². The van der Waals surface area contributed by atoms with Crippen LogP contribution in [-0.2, 0) is 20.4 Å². The zero-order valence-electron chi connectivity index (χ0n) is 17.9. The number of carbonyl (C=O) groups is 2. The molecule has 1 aliphatic heterocycles. The number of H-pyrrole nitrogens is 1. The molecular weight excluding hydrogens is 473 g/mol. The molecule has 1 aromatic heterocycles. The lowest BCUT2D eigenvalue weighted by atomic mass is 10.0. The van der Waals surface area contributed by atoms with Gasteiger partial charge in [-0.25, -0.2) is 9.59 Å². The zero-order chi connectivity index (χ0) is 25.3. The number of carbonyl (C=O) groups excluding carboxylic acids is 2. The number of rotatable bonds is 6. The van der Waals surface area contributed by atoms with Crippen molar-refractivity contribution in [3.8, 4) is 11.3 Å². The smallest absolute Gasteiger partial charge is 0.417 e. The molecule has 35 heavy (non-hydrogen) atoms. The van der Waals surface area contributed by atoms with E-state index in [0.717, 1.165) is 6.07 Å². The highest BCUT2D eigenvalue weighted by Gasteiger charge is 2.35. The highest BCUT2D eigenvalue weighted by molar-refractivity contribution is 5.94. The maximum Gasteiger partial charge on any atom is 0.417 e. The minimum absolute atomic E-state index is 0.00398. The summed E-state index contributed by atoms with van der Waals surface area (Å²) in [4.78, 5) is 40.2. The van der Waals surface area contributed by atoms with E-state index >= 15 is 0 Å². The van der Waals surface area contributed by atoms with Crippen LogP contribution in [0.4, 0.5) is 23.7 Å². The molecule has 4 rings (SSSR count). The van der Waals surface area contributed by atoms with Crippen LogP contribution in [0.1, 0.15) is 5.56 Å². The summed E-state index contributed by atoms with van der Waals surface area (Å²) in [5, 5.41) is 18.5. The zero-order valence-corrected chi connectivity index (χ0v) is 17.9. The third-order valence-electron chi connectivity index (χ3n) is 5.39. The van der Waals surface area contributed by atoms with Crippen LogP contribution in [0.3, 0.4) is 0 Å². The van der Waals surface area contributed by atoms with Gasteiger partial charge in [0.15, 0.2) is 12.2 Å². The average molecular weight is 492 g/mol. The lowest BCUT2D eigenvalue weighted by Crippen LogP contribution is -2.31. The Morgan fingerprint density at radius 2 is 1.94 bits per heavy atom. The number of halogens is 3. The number of cyclic esters (lactones) is 1. The minimum Gasteiger partial charge on any atom is -0.460 e. The van der Waals surface area contributed by atoms with Crippen LogP contribution in [0.2, 0.25) is 0 Å². The predicted molar refractivity (Wildman–Crippen MR) is 117 cm³/mol. The summed E-state index contributed by atoms with van der Waals surface area (Å²) in [7, 11) is 0. The van der Waals surface area contributed by atoms with Crippen molar-refractivity contribution >= 4 is 28.5 Å². The Morgan fingerprint density at radius 3 is 2.66 bits per heavy atom. The number of nitrogens with zero attached hydrogens (tertiary/aromatic N) is 1. The summed E-state index contributed by atoms with van der Waals surface area (Å²) in [5.41, 5.74) is -1.41. The number of nitrogens with one attached hydrogen (secondary N) is 1. The van der Waals surface area contributed by atoms with Gasteiger partial charge in [-0.05, 0) is 29.7 Å². The number of alkyl halides is 3. The normalized spacial score (nSPS) is 16.9. The van der Waals surface area contributed by atoms with Gasteiger partial charge in [0.25, 0.3) is 5.56 Å². The molecule has 1 fully saturated rings. The number of aromatic nitrogens is 1. The number of aliphatic hydroxyl groups excluding tert-OH is 2. The highest BCUT2D eigenvalue weighted by atomic mass is 19.4. The number of anilines is 1. The molecule has 2 atom stereocenters. The first-order valence-corrected chi connectivity index (χ1v) is 10.4. The highest BCUT2D eigenvalue weighted by Crippen LogP contribution is 2.36. The van der Waals surface area contributed by atoms with Gasteiger partial charge in [-0.1, -0.05) is 24.3 Å². The Morgan fingerprint density at radius 1 is 1.20 bits per heavy atom. The van der Waals surface area contributed by atoms with Crippen LogP contribution in [0.25, 0.3) is 22.0 Å². The Bertz CT molecular complexity index is 1340. The van der Waals surface area contributed by atoms with Gasteiger partial charge < -0.3 is 24.7 Å². The number of hydrogen-bond acceptors (Lipinski definition) is 7. The van der Waals surface area contributed by atoms with Crippen molar-refractivity contribution in [1.29, 1.82) is 0 Å². The summed E-state index contributed by atoms with van der Waals surface area (Å²) in [6.07, 6.45) is -7.93. The van der Waals surface area contributed by atoms with E-state index < -0.39 is 48.2 Å². The topological polar surface area (TPSA) is 129 Å². The predicted octanol–water partition coefficient (Wildman–Crippen LogP) is 2.44. The average Bonchev–Trinajstić information content (AvgIpc) is 3.21. The van der Waals surface area contributed by atoms with E-state index in [1.54, 1.807) is 0 Å². The fourth-order valence-corrected chi connectivity index (χ4v) is 3.69. The first-order chi connectivity index (χ1) is 16.6. The van der Waals surface area contributed by atoms with Gasteiger partial charge in [-0.15, -0.1) is 0 Å². The van der Waals surface area contributed by atoms with Gasteiger partial charge >= 0.3 is 18.2 Å². The van der Waals surface area contributed by atoms with Crippen LogP contribution >= 0.6 is 0 Å². The fraction of sp³-hybridized carbons (Fsp3) is 0.261. The van der Waals surface area contributed by atoms with Crippen molar-refractivity contribution in [3.63, 3.8) is 0 Å². The van der Waals surface area contributed by atoms with Crippen LogP contribution in [-0.4, -0.2) is 59.2 Å². The van der Waals surface area contributed by atoms with Crippen LogP contribution in [0.5, 0.6) is 0 Å². The molecule has 2 aromatic carbocycles. The van der Waals surface area contributed by atoms with Gasteiger partial charge in [-0.3, -0.25) is 9.69 Å². The molecule has 0 radical (unpaired) electrons. The Hall–Kier alpha value is -3.90. The standard InChI is InChI=1S/C23H19F3N2O7/c24-23(25,26)17-4-2-1-3-15(17)18-7-12-5-6-13(8-16(12)20(31)27-18)28-9-14(35-22(28)33)11-34-21(32)19(30)10-29/h1-8,14,19,29-30H,9-11H2,(H,27,31). The summed E-state index contributed by atoms with van der Waals surface area (Å²) >= 11 is 0. The minimum atomic E-state index is -4.61. The number of pyridine rings is 1. The SMILES string of the molecule is O=C(OCC1CN(c2ccc3cc(-c4ccccc4C(F)(F)F)[nH]c(=O)c3c2)C(=O)O1)C(O)CO. The first-order valence-electron chi connectivity index (χ1n) is 10.4. The lowest BCUT2D eigenvalue weighted by molar-refractivity contribution is -0.157. The molecule has 3 aromatic rings. The molecule has 12 heteroatoms. The fourth-order valence-electron chi connectivity index (χ4n) is 3.69. The van der Waals surface area contributed by atoms with E-state index in [2.05, 4.69) is 4.98 Å². The van der Waals surface area contributed by atoms with E-state index in [0.29, 0.717) is 11.1 Å². The summed E-state index contributed by atoms with van der Waals surface area (Å²) in [5.74, 6) is -1.07. The van der Waals surface area contributed by atoms with Crippen LogP contribution in [0.15, 0.2) is 53.3 Å². The number of ether oxygens (including phenoxy) is 2. The second-order valence-corrected chi connectivity index (χ2v) is 7.77. The molecule has 1 saturated heterocycles. The largest absolute Gasteiger partial charge is 0.460 e. The first kappa shape index (κ1) is 24.2. The summed E-state index contributed by atoms with van der Waals surface area (Å²) < 4.78 is 50.2. The van der Waals surface area contributed by atoms with Crippen LogP contribution < -0.4 is 10.5 Å². The molecular formula is C23H19F3N2O7. The molecule has 2 heterocycles. The number of amides is 1. The van der Waals surface area contributed by atoms with Gasteiger partial charge in [0.1, 0.15) is 6.61 Å². The summed E-state index contributed by atoms with van der Waals surface area (Å²) in [6, 6.07) is 10.7. The number of hydrogen-bond donors (Lipinski definition) is 3. The molecule has 9 nitrogen and oxygen atoms in total. The van der Waals surface area contributed by atoms with E-state index in [1.165, 1.54) is 47.4 Å². The van der Waals surface area contributed by atoms with Gasteiger partial charge in [0, 0.05) is 22.3 Å². The summed E-state index contributed by atoms with van der Waals surface area (Å²) in [6.45, 7) is -1.19. The number of fused-ring (bicyclic) bond motifs is 1. The van der Waals surface area contributed by atoms with Gasteiger partial charge in [0.2, 0.25) is 0 Å². The Labute approximate surface area is 195 Å². The lowest BCUT2D eigenvalue weighted by Gasteiger charge is -2.15. The van der Waals surface area contributed by atoms with Crippen molar-refractivity contribution in [2.75, 3.05) is 24.7 Å². The van der Waals surface area contributed by atoms with Gasteiger partial charge in [0.05, 0.1) is 18.7 Å². The van der Waals surface area contributed by atoms with Crippen molar-refractivity contribution in [2.24, 2.45) is 0 Å². The van der Waals surface area contributed by atoms with Crippen molar-refractivity contribution in [2.45, 2.75) is 18.4 Å². The molecule has 184 valence electrons. The van der Waals surface area contributed by atoms with Crippen molar-refractivity contribution in [1.82, 2.24) is 4.98 Å². The third-order valence-corrected chi connectivity index (χ3v) is 5.39. The van der Waals surface area contributed by atoms with E-state index in [9.17, 15) is 32.7 Å². The number of aliphatic hydroxyl groups is 2. The molecule has 1 aliphatic rings. The molecule has 3 N–H and O–H groups in total. The van der Waals surface area contributed by atoms with E-state index in [-0.39, 0.29) is 29.8 Å². The molecule has 1 amide bonds. The maximum absolute atomic E-state index is 13.4. The quantitative estimate of drug-likeness (QED) is 0.451. The molecule has 0 saturated carbocycles. The third kappa shape index (κ3) is 4.98.